The molecule has 2 amide bonds. The van der Waals surface area contributed by atoms with Crippen molar-refractivity contribution in [1.29, 1.82) is 5.41 Å². The smallest absolute Gasteiger partial charge is 0.353 e. The van der Waals surface area contributed by atoms with Crippen LogP contribution in [0.15, 0.2) is 21.2 Å². The van der Waals surface area contributed by atoms with Gasteiger partial charge in [-0.05, 0) is 60.8 Å². The van der Waals surface area contributed by atoms with Crippen molar-refractivity contribution in [3.63, 3.8) is 0 Å². The number of rotatable bonds is 5. The summed E-state index contributed by atoms with van der Waals surface area (Å²) < 4.78 is 27.8. The number of nitrogens with one attached hydrogen (secondary N) is 3. The number of hydrogen-bond acceptors (Lipinski definition) is 7. The van der Waals surface area contributed by atoms with Crippen LogP contribution in [0.25, 0.3) is 0 Å². The fraction of sp³-hybridized carbons (Fsp3) is 0.565. The third-order valence-electron chi connectivity index (χ3n) is 7.11. The van der Waals surface area contributed by atoms with E-state index in [1.54, 1.807) is 7.11 Å². The van der Waals surface area contributed by atoms with Crippen LogP contribution in [0.1, 0.15) is 35.1 Å². The van der Waals surface area contributed by atoms with Crippen molar-refractivity contribution >= 4 is 28.5 Å². The lowest BCUT2D eigenvalue weighted by molar-refractivity contribution is -0.0705. The second-order valence-electron chi connectivity index (χ2n) is 9.05. The molecule has 2 aliphatic carbocycles. The minimum absolute atomic E-state index is 0.0977. The predicted octanol–water partition coefficient (Wildman–Crippen LogP) is 2.00. The van der Waals surface area contributed by atoms with Gasteiger partial charge in [-0.2, -0.15) is 0 Å². The minimum atomic E-state index is -2.47. The van der Waals surface area contributed by atoms with Gasteiger partial charge in [0.05, 0.1) is 22.7 Å². The van der Waals surface area contributed by atoms with Gasteiger partial charge in [-0.3, -0.25) is 4.90 Å². The maximum atomic E-state index is 12.9. The lowest BCUT2D eigenvalue weighted by Crippen LogP contribution is -2.61. The Morgan fingerprint density at radius 3 is 2.55 bits per heavy atom. The average Bonchev–Trinajstić information content (AvgIpc) is 3.44. The van der Waals surface area contributed by atoms with Gasteiger partial charge in [0.1, 0.15) is 11.5 Å². The first kappa shape index (κ1) is 22.4. The summed E-state index contributed by atoms with van der Waals surface area (Å²) in [5.41, 5.74) is 5.89. The van der Waals surface area contributed by atoms with Crippen molar-refractivity contribution in [1.82, 2.24) is 10.2 Å². The fourth-order valence-corrected chi connectivity index (χ4v) is 6.01. The summed E-state index contributed by atoms with van der Waals surface area (Å²) in [6, 6.07) is 1.85. The summed E-state index contributed by atoms with van der Waals surface area (Å²) >= 11 is 0. The molecule has 9 nitrogen and oxygen atoms in total. The summed E-state index contributed by atoms with van der Waals surface area (Å²) in [5, 5.41) is 13.8. The van der Waals surface area contributed by atoms with E-state index in [0.717, 1.165) is 63.5 Å². The summed E-state index contributed by atoms with van der Waals surface area (Å²) in [4.78, 5) is 15.1. The van der Waals surface area contributed by atoms with Gasteiger partial charge >= 0.3 is 6.03 Å². The molecule has 5 rings (SSSR count). The molecule has 178 valence electrons. The summed E-state index contributed by atoms with van der Waals surface area (Å²) in [7, 11) is -0.753. The molecule has 2 heterocycles. The second kappa shape index (κ2) is 9.44. The van der Waals surface area contributed by atoms with Gasteiger partial charge in [-0.15, -0.1) is 4.36 Å². The van der Waals surface area contributed by atoms with E-state index in [-0.39, 0.29) is 22.9 Å². The molecule has 33 heavy (non-hydrogen) atoms. The first-order valence-electron chi connectivity index (χ1n) is 11.6. The minimum Gasteiger partial charge on any atom is -0.477 e. The highest BCUT2D eigenvalue weighted by Gasteiger charge is 2.34. The molecule has 0 saturated carbocycles. The Balaban J connectivity index is 1.28. The number of likely N-dealkylation sites (tertiary alicyclic amines) is 1. The molecule has 4 aliphatic rings. The Labute approximate surface area is 195 Å². The van der Waals surface area contributed by atoms with Crippen LogP contribution in [0.3, 0.4) is 0 Å². The highest BCUT2D eigenvalue weighted by Crippen LogP contribution is 2.38. The Morgan fingerprint density at radius 1 is 1.27 bits per heavy atom. The molecule has 1 unspecified atom stereocenters. The molecular weight excluding hydrogens is 442 g/mol. The molecule has 0 bridgehead atoms. The third-order valence-corrected chi connectivity index (χ3v) is 8.21. The summed E-state index contributed by atoms with van der Waals surface area (Å²) in [6.45, 7) is 2.76. The molecule has 0 aromatic heterocycles. The monoisotopic (exact) mass is 473 g/mol. The molecular formula is C23H31N5O4S. The average molecular weight is 474 g/mol. The summed E-state index contributed by atoms with van der Waals surface area (Å²) in [5.74, 6) is 0.268. The van der Waals surface area contributed by atoms with Crippen molar-refractivity contribution in [2.75, 3.05) is 38.7 Å². The van der Waals surface area contributed by atoms with E-state index in [9.17, 15) is 9.00 Å². The van der Waals surface area contributed by atoms with E-state index in [1.807, 2.05) is 0 Å². The van der Waals surface area contributed by atoms with Crippen LogP contribution in [0.4, 0.5) is 10.5 Å². The number of methoxy groups -OCH3 is 1. The van der Waals surface area contributed by atoms with Crippen molar-refractivity contribution < 1.29 is 18.5 Å². The number of benzene rings is 1. The van der Waals surface area contributed by atoms with E-state index in [2.05, 4.69) is 26.0 Å². The maximum Gasteiger partial charge on any atom is 0.353 e. The van der Waals surface area contributed by atoms with Crippen LogP contribution in [0, 0.1) is 5.41 Å². The lowest BCUT2D eigenvalue weighted by atomic mass is 9.99. The molecule has 1 aromatic carbocycles. The standard InChI is InChI=1S/C23H31N5O4S/c1-31-17-11-28(12-17)16-10-25-22(32-13-16)20(9-24)33(30)27-23(29)26-21-18-6-2-4-14(18)8-15-5-3-7-19(15)21/h8-9,16-17,24-25,33H,2-7,10-13H2,1H3,(H,26,29)/b22-20-,24-9?/t16-/m0/s1. The maximum absolute atomic E-state index is 12.9. The van der Waals surface area contributed by atoms with Gasteiger partial charge in [-0.1, -0.05) is 6.07 Å². The number of fused-ring (bicyclic) bond motifs is 2. The van der Waals surface area contributed by atoms with Crippen molar-refractivity contribution in [3.8, 4) is 0 Å². The third kappa shape index (κ3) is 4.39. The SMILES string of the molecule is COC1CN([C@H]2CN/C(=C(C=N)/[SH](=O)=N/C(=O)Nc3c4c(cc5c3CCC5)CCC4)OC2)C1. The van der Waals surface area contributed by atoms with Crippen LogP contribution >= 0.6 is 0 Å². The molecule has 2 aliphatic heterocycles. The number of ether oxygens (including phenoxy) is 2. The fourth-order valence-electron chi connectivity index (χ4n) is 5.26. The van der Waals surface area contributed by atoms with Gasteiger partial charge in [0, 0.05) is 38.6 Å². The Hall–Kier alpha value is -2.43. The molecule has 10 heteroatoms. The highest BCUT2D eigenvalue weighted by molar-refractivity contribution is 7.80. The van der Waals surface area contributed by atoms with Crippen LogP contribution < -0.4 is 10.6 Å². The van der Waals surface area contributed by atoms with Crippen LogP contribution in [-0.4, -0.2) is 66.9 Å². The number of urea groups is 1. The van der Waals surface area contributed by atoms with E-state index in [0.29, 0.717) is 13.2 Å². The zero-order valence-electron chi connectivity index (χ0n) is 18.9. The van der Waals surface area contributed by atoms with E-state index >= 15 is 0 Å². The number of aryl methyl sites for hydroxylation is 2. The number of anilines is 1. The number of carbonyl (C=O) groups is 1. The van der Waals surface area contributed by atoms with Gasteiger partial charge in [0.25, 0.3) is 0 Å². The molecule has 3 N–H and O–H groups in total. The first-order valence-corrected chi connectivity index (χ1v) is 12.8. The molecule has 1 aromatic rings. The zero-order valence-corrected chi connectivity index (χ0v) is 19.7. The van der Waals surface area contributed by atoms with Gasteiger partial charge in [-0.25, -0.2) is 9.00 Å². The predicted molar refractivity (Wildman–Crippen MR) is 127 cm³/mol. The molecule has 2 fully saturated rings. The van der Waals surface area contributed by atoms with Crippen LogP contribution in [-0.2, 0) is 45.8 Å². The Bertz CT molecular complexity index is 1050. The summed E-state index contributed by atoms with van der Waals surface area (Å²) in [6.07, 6.45) is 7.36. The lowest BCUT2D eigenvalue weighted by Gasteiger charge is -2.45. The quantitative estimate of drug-likeness (QED) is 0.384. The molecule has 0 radical (unpaired) electrons. The zero-order chi connectivity index (χ0) is 22.9. The van der Waals surface area contributed by atoms with E-state index < -0.39 is 16.6 Å². The van der Waals surface area contributed by atoms with Crippen LogP contribution in [0.5, 0.6) is 0 Å². The number of hydrogen-bond donors (Lipinski definition) is 4. The molecule has 2 saturated heterocycles. The van der Waals surface area contributed by atoms with Gasteiger partial charge < -0.3 is 25.5 Å². The number of carbonyl (C=O) groups excluding carboxylic acids is 1. The molecule has 0 spiro atoms. The number of amides is 2. The topological polar surface area (TPSA) is 116 Å². The number of allylic oxidation sites excluding steroid dienone is 1. The van der Waals surface area contributed by atoms with Crippen molar-refractivity contribution in [2.45, 2.75) is 50.7 Å². The van der Waals surface area contributed by atoms with E-state index in [1.165, 1.54) is 22.3 Å². The Kier molecular flexibility index (Phi) is 6.40. The number of nitrogens with zero attached hydrogens (tertiary/aromatic N) is 2. The van der Waals surface area contributed by atoms with Gasteiger partial charge in [0.2, 0.25) is 5.88 Å². The Morgan fingerprint density at radius 2 is 1.97 bits per heavy atom. The number of thiol groups is 1. The largest absolute Gasteiger partial charge is 0.477 e. The van der Waals surface area contributed by atoms with Crippen molar-refractivity contribution in [3.05, 3.63) is 39.1 Å². The van der Waals surface area contributed by atoms with E-state index in [4.69, 9.17) is 14.9 Å². The normalized spacial score (nSPS) is 24.8. The second-order valence-corrected chi connectivity index (χ2v) is 10.3. The van der Waals surface area contributed by atoms with Crippen LogP contribution in [0.2, 0.25) is 0 Å². The highest BCUT2D eigenvalue weighted by atomic mass is 32.2. The van der Waals surface area contributed by atoms with Gasteiger partial charge in [0.15, 0.2) is 0 Å². The molecule has 2 atom stereocenters. The first-order chi connectivity index (χ1) is 16.1. The van der Waals surface area contributed by atoms with Crippen molar-refractivity contribution in [2.24, 2.45) is 4.36 Å².